The highest BCUT2D eigenvalue weighted by molar-refractivity contribution is 7.98. The summed E-state index contributed by atoms with van der Waals surface area (Å²) in [5, 5.41) is 20.5. The summed E-state index contributed by atoms with van der Waals surface area (Å²) in [6.45, 7) is 2.48. The second-order valence-corrected chi connectivity index (χ2v) is 6.01. The standard InChI is InChI=1S/C14H18N2O4S/c1-9-5-6-15(12(9)8-17)14(18)10-3-4-13(21-2)11(7-10)16(19)20/h3-4,7,9,12,17H,5-6,8H2,1-2H3. The van der Waals surface area contributed by atoms with E-state index in [9.17, 15) is 20.0 Å². The van der Waals surface area contributed by atoms with Crippen molar-refractivity contribution in [2.24, 2.45) is 5.92 Å². The Morgan fingerprint density at radius 1 is 1.57 bits per heavy atom. The van der Waals surface area contributed by atoms with Crippen LogP contribution in [0.1, 0.15) is 23.7 Å². The zero-order valence-corrected chi connectivity index (χ0v) is 12.8. The SMILES string of the molecule is CSc1ccc(C(=O)N2CCC(C)C2CO)cc1[N+](=O)[O-]. The predicted molar refractivity (Wildman–Crippen MR) is 80.6 cm³/mol. The summed E-state index contributed by atoms with van der Waals surface area (Å²) in [5.41, 5.74) is 0.244. The van der Waals surface area contributed by atoms with E-state index in [-0.39, 0.29) is 30.2 Å². The molecule has 1 saturated heterocycles. The molecule has 0 saturated carbocycles. The number of hydrogen-bond donors (Lipinski definition) is 1. The Labute approximate surface area is 127 Å². The van der Waals surface area contributed by atoms with Crippen LogP contribution in [0.2, 0.25) is 0 Å². The van der Waals surface area contributed by atoms with E-state index in [1.165, 1.54) is 17.8 Å². The molecule has 1 aromatic carbocycles. The molecular weight excluding hydrogens is 292 g/mol. The van der Waals surface area contributed by atoms with Crippen molar-refractivity contribution >= 4 is 23.4 Å². The number of carbonyl (C=O) groups excluding carboxylic acids is 1. The van der Waals surface area contributed by atoms with Gasteiger partial charge in [0.25, 0.3) is 11.6 Å². The number of rotatable bonds is 4. The zero-order valence-electron chi connectivity index (χ0n) is 12.0. The molecule has 7 heteroatoms. The molecular formula is C14H18N2O4S. The summed E-state index contributed by atoms with van der Waals surface area (Å²) < 4.78 is 0. The number of benzene rings is 1. The highest BCUT2D eigenvalue weighted by Gasteiger charge is 2.34. The molecule has 1 fully saturated rings. The lowest BCUT2D eigenvalue weighted by Gasteiger charge is -2.25. The molecule has 0 bridgehead atoms. The van der Waals surface area contributed by atoms with E-state index in [4.69, 9.17) is 0 Å². The third kappa shape index (κ3) is 3.03. The third-order valence-electron chi connectivity index (χ3n) is 3.95. The first-order valence-electron chi connectivity index (χ1n) is 6.73. The molecule has 0 radical (unpaired) electrons. The fraction of sp³-hybridized carbons (Fsp3) is 0.500. The lowest BCUT2D eigenvalue weighted by Crippen LogP contribution is -2.39. The van der Waals surface area contributed by atoms with Crippen molar-refractivity contribution in [3.63, 3.8) is 0 Å². The maximum Gasteiger partial charge on any atom is 0.283 e. The van der Waals surface area contributed by atoms with Gasteiger partial charge in [-0.3, -0.25) is 14.9 Å². The van der Waals surface area contributed by atoms with Gasteiger partial charge in [0.1, 0.15) is 0 Å². The van der Waals surface area contributed by atoms with Gasteiger partial charge in [-0.1, -0.05) is 6.92 Å². The number of aliphatic hydroxyl groups excluding tert-OH is 1. The van der Waals surface area contributed by atoms with E-state index in [2.05, 4.69) is 0 Å². The molecule has 1 N–H and O–H groups in total. The monoisotopic (exact) mass is 310 g/mol. The zero-order chi connectivity index (χ0) is 15.6. The summed E-state index contributed by atoms with van der Waals surface area (Å²) in [4.78, 5) is 25.3. The lowest BCUT2D eigenvalue weighted by molar-refractivity contribution is -0.387. The molecule has 0 aromatic heterocycles. The van der Waals surface area contributed by atoms with Gasteiger partial charge in [-0.2, -0.15) is 0 Å². The molecule has 21 heavy (non-hydrogen) atoms. The summed E-state index contributed by atoms with van der Waals surface area (Å²) in [6, 6.07) is 4.32. The minimum Gasteiger partial charge on any atom is -0.394 e. The van der Waals surface area contributed by atoms with Crippen LogP contribution in [0.3, 0.4) is 0 Å². The first-order chi connectivity index (χ1) is 9.99. The predicted octanol–water partition coefficient (Wildman–Crippen LogP) is 2.16. The molecule has 2 atom stereocenters. The van der Waals surface area contributed by atoms with Gasteiger partial charge in [0.2, 0.25) is 0 Å². The first kappa shape index (κ1) is 15.8. The molecule has 0 spiro atoms. The van der Waals surface area contributed by atoms with Crippen LogP contribution in [0.4, 0.5) is 5.69 Å². The Balaban J connectivity index is 2.31. The maximum absolute atomic E-state index is 12.5. The van der Waals surface area contributed by atoms with Gasteiger partial charge in [-0.15, -0.1) is 11.8 Å². The van der Waals surface area contributed by atoms with E-state index in [1.807, 2.05) is 6.92 Å². The van der Waals surface area contributed by atoms with Crippen LogP contribution in [-0.2, 0) is 0 Å². The van der Waals surface area contributed by atoms with Crippen molar-refractivity contribution in [2.45, 2.75) is 24.3 Å². The van der Waals surface area contributed by atoms with E-state index >= 15 is 0 Å². The lowest BCUT2D eigenvalue weighted by atomic mass is 10.0. The second kappa shape index (κ2) is 6.44. The summed E-state index contributed by atoms with van der Waals surface area (Å²) in [7, 11) is 0. The van der Waals surface area contributed by atoms with E-state index < -0.39 is 4.92 Å². The number of nitrogens with zero attached hydrogens (tertiary/aromatic N) is 2. The first-order valence-corrected chi connectivity index (χ1v) is 7.96. The average molecular weight is 310 g/mol. The molecule has 2 unspecified atom stereocenters. The molecule has 1 heterocycles. The van der Waals surface area contributed by atoms with Gasteiger partial charge in [0.05, 0.1) is 22.5 Å². The molecule has 0 aliphatic carbocycles. The average Bonchev–Trinajstić information content (AvgIpc) is 2.86. The fourth-order valence-electron chi connectivity index (χ4n) is 2.67. The Kier molecular flexibility index (Phi) is 4.84. The largest absolute Gasteiger partial charge is 0.394 e. The molecule has 1 aliphatic heterocycles. The maximum atomic E-state index is 12.5. The van der Waals surface area contributed by atoms with E-state index in [1.54, 1.807) is 23.3 Å². The number of aliphatic hydroxyl groups is 1. The van der Waals surface area contributed by atoms with Gasteiger partial charge < -0.3 is 10.0 Å². The number of thioether (sulfide) groups is 1. The molecule has 1 aliphatic rings. The normalized spacial score (nSPS) is 21.6. The van der Waals surface area contributed by atoms with Crippen molar-refractivity contribution in [1.29, 1.82) is 0 Å². The third-order valence-corrected chi connectivity index (χ3v) is 4.74. The van der Waals surface area contributed by atoms with Gasteiger partial charge >= 0.3 is 0 Å². The van der Waals surface area contributed by atoms with Crippen molar-refractivity contribution < 1.29 is 14.8 Å². The van der Waals surface area contributed by atoms with Crippen LogP contribution < -0.4 is 0 Å². The number of likely N-dealkylation sites (tertiary alicyclic amines) is 1. The van der Waals surface area contributed by atoms with Gasteiger partial charge in [-0.25, -0.2) is 0 Å². The molecule has 2 rings (SSSR count). The van der Waals surface area contributed by atoms with Crippen LogP contribution in [0.5, 0.6) is 0 Å². The molecule has 114 valence electrons. The number of carbonyl (C=O) groups is 1. The Morgan fingerprint density at radius 3 is 2.86 bits per heavy atom. The number of amides is 1. The summed E-state index contributed by atoms with van der Waals surface area (Å²) in [5.74, 6) is -0.0199. The molecule has 1 amide bonds. The highest BCUT2D eigenvalue weighted by atomic mass is 32.2. The molecule has 6 nitrogen and oxygen atoms in total. The van der Waals surface area contributed by atoms with Crippen LogP contribution >= 0.6 is 11.8 Å². The highest BCUT2D eigenvalue weighted by Crippen LogP contribution is 2.30. The smallest absolute Gasteiger partial charge is 0.283 e. The van der Waals surface area contributed by atoms with Gasteiger partial charge in [-0.05, 0) is 30.7 Å². The van der Waals surface area contributed by atoms with Crippen molar-refractivity contribution in [3.8, 4) is 0 Å². The summed E-state index contributed by atoms with van der Waals surface area (Å²) in [6.07, 6.45) is 2.59. The van der Waals surface area contributed by atoms with Crippen LogP contribution in [0.15, 0.2) is 23.1 Å². The van der Waals surface area contributed by atoms with Crippen LogP contribution in [0, 0.1) is 16.0 Å². The Bertz CT molecular complexity index is 564. The van der Waals surface area contributed by atoms with Crippen LogP contribution in [0.25, 0.3) is 0 Å². The van der Waals surface area contributed by atoms with Gasteiger partial charge in [0, 0.05) is 18.2 Å². The minimum atomic E-state index is -0.473. The van der Waals surface area contributed by atoms with E-state index in [0.29, 0.717) is 17.0 Å². The van der Waals surface area contributed by atoms with E-state index in [0.717, 1.165) is 6.42 Å². The van der Waals surface area contributed by atoms with Crippen molar-refractivity contribution in [1.82, 2.24) is 4.90 Å². The Morgan fingerprint density at radius 2 is 2.29 bits per heavy atom. The molecule has 1 aromatic rings. The van der Waals surface area contributed by atoms with Crippen molar-refractivity contribution in [3.05, 3.63) is 33.9 Å². The number of nitro benzene ring substituents is 1. The topological polar surface area (TPSA) is 83.7 Å². The number of nitro groups is 1. The number of hydrogen-bond acceptors (Lipinski definition) is 5. The minimum absolute atomic E-state index is 0.0545. The van der Waals surface area contributed by atoms with Gasteiger partial charge in [0.15, 0.2) is 0 Å². The van der Waals surface area contributed by atoms with Crippen LogP contribution in [-0.4, -0.2) is 46.3 Å². The van der Waals surface area contributed by atoms with Crippen molar-refractivity contribution in [2.75, 3.05) is 19.4 Å². The quantitative estimate of drug-likeness (QED) is 0.523. The second-order valence-electron chi connectivity index (χ2n) is 5.16. The summed E-state index contributed by atoms with van der Waals surface area (Å²) >= 11 is 1.28. The Hall–Kier alpha value is -1.60. The fourth-order valence-corrected chi connectivity index (χ4v) is 3.22.